The Morgan fingerprint density at radius 3 is 2.50 bits per heavy atom. The van der Waals surface area contributed by atoms with E-state index in [4.69, 9.17) is 4.74 Å². The number of carbonyl (C=O) groups excluding carboxylic acids is 4. The van der Waals surface area contributed by atoms with Crippen molar-refractivity contribution in [2.24, 2.45) is 0 Å². The van der Waals surface area contributed by atoms with E-state index in [1.807, 2.05) is 30.3 Å². The molecule has 0 aromatic heterocycles. The maximum atomic E-state index is 13.2. The van der Waals surface area contributed by atoms with Crippen LogP contribution in [-0.2, 0) is 30.3 Å². The lowest BCUT2D eigenvalue weighted by Gasteiger charge is -2.29. The number of benzene rings is 2. The van der Waals surface area contributed by atoms with Crippen molar-refractivity contribution in [1.29, 1.82) is 0 Å². The molecule has 1 aliphatic rings. The van der Waals surface area contributed by atoms with Crippen LogP contribution in [0.1, 0.15) is 36.9 Å². The highest BCUT2D eigenvalue weighted by molar-refractivity contribution is 8.14. The van der Waals surface area contributed by atoms with Gasteiger partial charge in [-0.05, 0) is 42.5 Å². The summed E-state index contributed by atoms with van der Waals surface area (Å²) in [4.78, 5) is 51.6. The molecule has 2 N–H and O–H groups in total. The van der Waals surface area contributed by atoms with Gasteiger partial charge < -0.3 is 20.1 Å². The molecule has 3 rings (SSSR count). The third-order valence-corrected chi connectivity index (χ3v) is 6.68. The molecule has 2 aromatic rings. The lowest BCUT2D eigenvalue weighted by atomic mass is 10.0. The van der Waals surface area contributed by atoms with Gasteiger partial charge in [0.25, 0.3) is 0 Å². The molecule has 9 heteroatoms. The maximum Gasteiger partial charge on any atom is 0.328 e. The largest absolute Gasteiger partial charge is 0.508 e. The highest BCUT2D eigenvalue weighted by atomic mass is 32.2. The molecular weight excluding hydrogens is 456 g/mol. The molecule has 2 aromatic carbocycles. The van der Waals surface area contributed by atoms with Crippen molar-refractivity contribution >= 4 is 34.7 Å². The number of rotatable bonds is 8. The molecule has 1 fully saturated rings. The molecule has 0 saturated carbocycles. The Balaban J connectivity index is 1.73. The number of methoxy groups -OCH3 is 1. The summed E-state index contributed by atoms with van der Waals surface area (Å²) in [5.41, 5.74) is 1.59. The number of likely N-dealkylation sites (tertiary alicyclic amines) is 1. The molecule has 2 unspecified atom stereocenters. The fourth-order valence-electron chi connectivity index (χ4n) is 4.17. The van der Waals surface area contributed by atoms with Crippen LogP contribution in [0.3, 0.4) is 0 Å². The molecule has 1 saturated heterocycles. The van der Waals surface area contributed by atoms with Crippen molar-refractivity contribution < 1.29 is 29.0 Å². The maximum absolute atomic E-state index is 13.2. The number of nitrogens with one attached hydrogen (secondary N) is 1. The summed E-state index contributed by atoms with van der Waals surface area (Å²) in [6.07, 6.45) is 1.26. The SMILES string of the molecule is COC(=O)[C@@H]1CCC(c2cccc(O)c2)N1C(=O)CNC(=O)C(Cc1ccccc1)SC(C)=O. The number of thioether (sulfide) groups is 1. The molecule has 180 valence electrons. The van der Waals surface area contributed by atoms with Crippen molar-refractivity contribution in [3.63, 3.8) is 0 Å². The summed E-state index contributed by atoms with van der Waals surface area (Å²) in [5.74, 6) is -1.35. The number of hydrogen-bond acceptors (Lipinski definition) is 7. The Hall–Kier alpha value is -3.33. The standard InChI is InChI=1S/C25H28N2O6S/c1-16(28)34-22(13-17-7-4-3-5-8-17)24(31)26-15-23(30)27-20(11-12-21(27)25(32)33-2)18-9-6-10-19(29)14-18/h3-10,14,20-22,29H,11-13,15H2,1-2H3,(H,26,31)/t20?,21-,22?/m0/s1. The van der Waals surface area contributed by atoms with Gasteiger partial charge in [-0.15, -0.1) is 0 Å². The Bertz CT molecular complexity index is 1040. The number of amides is 2. The van der Waals surface area contributed by atoms with E-state index in [0.29, 0.717) is 24.8 Å². The second-order valence-electron chi connectivity index (χ2n) is 8.03. The van der Waals surface area contributed by atoms with Gasteiger partial charge >= 0.3 is 5.97 Å². The van der Waals surface area contributed by atoms with E-state index in [9.17, 15) is 24.3 Å². The Kier molecular flexibility index (Phi) is 8.70. The zero-order valence-electron chi connectivity index (χ0n) is 19.1. The number of nitrogens with zero attached hydrogens (tertiary/aromatic N) is 1. The monoisotopic (exact) mass is 484 g/mol. The van der Waals surface area contributed by atoms with Gasteiger partial charge in [-0.1, -0.05) is 54.2 Å². The first-order chi connectivity index (χ1) is 16.3. The first-order valence-corrected chi connectivity index (χ1v) is 11.8. The summed E-state index contributed by atoms with van der Waals surface area (Å²) >= 11 is 0.917. The number of carbonyl (C=O) groups is 4. The van der Waals surface area contributed by atoms with Crippen molar-refractivity contribution in [1.82, 2.24) is 10.2 Å². The quantitative estimate of drug-likeness (QED) is 0.554. The molecule has 0 bridgehead atoms. The third-order valence-electron chi connectivity index (χ3n) is 5.68. The highest BCUT2D eigenvalue weighted by Gasteiger charge is 2.42. The van der Waals surface area contributed by atoms with E-state index in [1.165, 1.54) is 25.0 Å². The van der Waals surface area contributed by atoms with Crippen molar-refractivity contribution in [3.05, 3.63) is 65.7 Å². The smallest absolute Gasteiger partial charge is 0.328 e. The molecule has 1 aliphatic heterocycles. The number of esters is 1. The summed E-state index contributed by atoms with van der Waals surface area (Å²) in [6.45, 7) is 1.07. The number of ether oxygens (including phenoxy) is 1. The van der Waals surface area contributed by atoms with Gasteiger partial charge in [0.2, 0.25) is 11.8 Å². The molecule has 1 heterocycles. The summed E-state index contributed by atoms with van der Waals surface area (Å²) < 4.78 is 4.89. The highest BCUT2D eigenvalue weighted by Crippen LogP contribution is 2.37. The van der Waals surface area contributed by atoms with Crippen LogP contribution < -0.4 is 5.32 Å². The van der Waals surface area contributed by atoms with Gasteiger partial charge in [-0.3, -0.25) is 14.4 Å². The van der Waals surface area contributed by atoms with Gasteiger partial charge in [0.05, 0.1) is 24.9 Å². The van der Waals surface area contributed by atoms with Crippen LogP contribution >= 0.6 is 11.8 Å². The number of phenolic OH excluding ortho intramolecular Hbond substituents is 1. The molecule has 8 nitrogen and oxygen atoms in total. The first-order valence-electron chi connectivity index (χ1n) is 11.0. The van der Waals surface area contributed by atoms with Gasteiger partial charge in [-0.2, -0.15) is 0 Å². The minimum absolute atomic E-state index is 0.0599. The molecule has 0 aliphatic carbocycles. The number of phenols is 1. The van der Waals surface area contributed by atoms with E-state index in [2.05, 4.69) is 5.32 Å². The van der Waals surface area contributed by atoms with E-state index in [-0.39, 0.29) is 17.4 Å². The number of hydrogen-bond donors (Lipinski definition) is 2. The molecule has 0 spiro atoms. The van der Waals surface area contributed by atoms with Gasteiger partial charge in [0, 0.05) is 6.92 Å². The van der Waals surface area contributed by atoms with Gasteiger partial charge in [0.1, 0.15) is 11.8 Å². The van der Waals surface area contributed by atoms with Crippen molar-refractivity contribution in [2.45, 2.75) is 43.5 Å². The fourth-order valence-corrected chi connectivity index (χ4v) is 5.04. The van der Waals surface area contributed by atoms with E-state index in [0.717, 1.165) is 17.3 Å². The van der Waals surface area contributed by atoms with Crippen LogP contribution in [0.2, 0.25) is 0 Å². The lowest BCUT2D eigenvalue weighted by molar-refractivity contribution is -0.152. The Labute approximate surface area is 202 Å². The van der Waals surface area contributed by atoms with Crippen LogP contribution in [0.25, 0.3) is 0 Å². The van der Waals surface area contributed by atoms with Gasteiger partial charge in [-0.25, -0.2) is 4.79 Å². The lowest BCUT2D eigenvalue weighted by Crippen LogP contribution is -2.48. The zero-order valence-corrected chi connectivity index (χ0v) is 19.9. The average molecular weight is 485 g/mol. The Morgan fingerprint density at radius 2 is 1.85 bits per heavy atom. The fraction of sp³-hybridized carbons (Fsp3) is 0.360. The first kappa shape index (κ1) is 25.3. The normalized spacial score (nSPS) is 18.2. The number of aromatic hydroxyl groups is 1. The molecular formula is C25H28N2O6S. The van der Waals surface area contributed by atoms with Crippen LogP contribution in [0.5, 0.6) is 5.75 Å². The van der Waals surface area contributed by atoms with E-state index < -0.39 is 35.1 Å². The summed E-state index contributed by atoms with van der Waals surface area (Å²) in [5, 5.41) is 11.6. The molecule has 2 amide bonds. The predicted octanol–water partition coefficient (Wildman–Crippen LogP) is 2.60. The molecule has 0 radical (unpaired) electrons. The van der Waals surface area contributed by atoms with E-state index >= 15 is 0 Å². The zero-order chi connectivity index (χ0) is 24.7. The van der Waals surface area contributed by atoms with Crippen molar-refractivity contribution in [2.75, 3.05) is 13.7 Å². The van der Waals surface area contributed by atoms with Crippen LogP contribution in [0.15, 0.2) is 54.6 Å². The third kappa shape index (κ3) is 6.38. The topological polar surface area (TPSA) is 113 Å². The van der Waals surface area contributed by atoms with Crippen LogP contribution in [0.4, 0.5) is 0 Å². The predicted molar refractivity (Wildman–Crippen MR) is 128 cm³/mol. The molecule has 3 atom stereocenters. The Morgan fingerprint density at radius 1 is 1.12 bits per heavy atom. The average Bonchev–Trinajstić information content (AvgIpc) is 3.27. The van der Waals surface area contributed by atoms with E-state index in [1.54, 1.807) is 18.2 Å². The minimum Gasteiger partial charge on any atom is -0.508 e. The van der Waals surface area contributed by atoms with Crippen LogP contribution in [0, 0.1) is 0 Å². The molecule has 34 heavy (non-hydrogen) atoms. The second-order valence-corrected chi connectivity index (χ2v) is 9.41. The summed E-state index contributed by atoms with van der Waals surface area (Å²) in [7, 11) is 1.27. The second kappa shape index (κ2) is 11.7. The summed E-state index contributed by atoms with van der Waals surface area (Å²) in [6, 6.07) is 14.6. The minimum atomic E-state index is -0.784. The van der Waals surface area contributed by atoms with Crippen LogP contribution in [-0.4, -0.2) is 57.9 Å². The van der Waals surface area contributed by atoms with Crippen molar-refractivity contribution in [3.8, 4) is 5.75 Å². The van der Waals surface area contributed by atoms with Gasteiger partial charge in [0.15, 0.2) is 5.12 Å².